The zero-order chi connectivity index (χ0) is 26.5. The summed E-state index contributed by atoms with van der Waals surface area (Å²) in [6.07, 6.45) is 3.53. The molecule has 0 aliphatic heterocycles. The predicted molar refractivity (Wildman–Crippen MR) is 155 cm³/mol. The fourth-order valence-electron chi connectivity index (χ4n) is 4.62. The molecule has 0 saturated carbocycles. The molecule has 0 bridgehead atoms. The lowest BCUT2D eigenvalue weighted by molar-refractivity contribution is -0.120. The van der Waals surface area contributed by atoms with Gasteiger partial charge in [-0.2, -0.15) is 0 Å². The van der Waals surface area contributed by atoms with Crippen LogP contribution in [0.15, 0.2) is 91.0 Å². The van der Waals surface area contributed by atoms with E-state index in [9.17, 15) is 9.59 Å². The molecule has 3 aromatic carbocycles. The summed E-state index contributed by atoms with van der Waals surface area (Å²) in [6, 6.07) is 30.1. The average molecular weight is 518 g/mol. The number of likely N-dealkylation sites (N-methyl/N-ethyl adjacent to an activating group) is 1. The van der Waals surface area contributed by atoms with Crippen molar-refractivity contribution in [1.82, 2.24) is 16.0 Å². The number of unbranched alkanes of at least 4 members (excludes halogenated alkanes) is 2. The quantitative estimate of drug-likeness (QED) is 0.137. The Morgan fingerprint density at radius 2 is 1.30 bits per heavy atom. The zero-order valence-corrected chi connectivity index (χ0v) is 22.9. The molecule has 196 valence electrons. The number of thioether (sulfide) groups is 1. The smallest absolute Gasteiger partial charge is 0.281 e. The van der Waals surface area contributed by atoms with E-state index in [4.69, 9.17) is 0 Å². The highest BCUT2D eigenvalue weighted by Gasteiger charge is 2.39. The third-order valence-corrected chi connectivity index (χ3v) is 7.72. The average Bonchev–Trinajstić information content (AvgIpc) is 2.93. The highest BCUT2D eigenvalue weighted by molar-refractivity contribution is 8.14. The fraction of sp³-hybridized carbons (Fsp3) is 0.355. The van der Waals surface area contributed by atoms with E-state index < -0.39 is 4.75 Å². The highest BCUT2D eigenvalue weighted by Crippen LogP contribution is 2.48. The Morgan fingerprint density at radius 1 is 0.811 bits per heavy atom. The van der Waals surface area contributed by atoms with Gasteiger partial charge in [-0.1, -0.05) is 117 Å². The molecule has 0 heterocycles. The van der Waals surface area contributed by atoms with Crippen molar-refractivity contribution in [3.8, 4) is 0 Å². The molecule has 0 aliphatic carbocycles. The van der Waals surface area contributed by atoms with Gasteiger partial charge in [-0.25, -0.2) is 0 Å². The first kappa shape index (κ1) is 28.6. The van der Waals surface area contributed by atoms with Gasteiger partial charge in [0.05, 0.1) is 18.8 Å². The number of benzene rings is 3. The van der Waals surface area contributed by atoms with Crippen LogP contribution in [-0.2, 0) is 9.54 Å². The molecular weight excluding hydrogens is 478 g/mol. The topological polar surface area (TPSA) is 70.2 Å². The Hall–Kier alpha value is -2.93. The molecule has 2 atom stereocenters. The summed E-state index contributed by atoms with van der Waals surface area (Å²) < 4.78 is -0.740. The molecule has 0 fully saturated rings. The molecule has 0 aromatic heterocycles. The van der Waals surface area contributed by atoms with E-state index in [0.717, 1.165) is 42.4 Å². The van der Waals surface area contributed by atoms with Crippen molar-refractivity contribution in [3.63, 3.8) is 0 Å². The second kappa shape index (κ2) is 14.7. The van der Waals surface area contributed by atoms with Crippen LogP contribution in [-0.4, -0.2) is 36.8 Å². The first-order chi connectivity index (χ1) is 18.0. The molecule has 0 saturated heterocycles. The summed E-state index contributed by atoms with van der Waals surface area (Å²) in [7, 11) is 1.78. The van der Waals surface area contributed by atoms with Gasteiger partial charge in [-0.15, -0.1) is 0 Å². The van der Waals surface area contributed by atoms with Gasteiger partial charge in [-0.05, 0) is 48.8 Å². The van der Waals surface area contributed by atoms with Gasteiger partial charge in [0.15, 0.2) is 5.78 Å². The van der Waals surface area contributed by atoms with Gasteiger partial charge >= 0.3 is 0 Å². The summed E-state index contributed by atoms with van der Waals surface area (Å²) in [5.74, 6) is 0.111. The molecule has 5 nitrogen and oxygen atoms in total. The van der Waals surface area contributed by atoms with Crippen LogP contribution < -0.4 is 16.0 Å². The molecule has 0 radical (unpaired) electrons. The van der Waals surface area contributed by atoms with Crippen LogP contribution in [0.25, 0.3) is 0 Å². The van der Waals surface area contributed by atoms with E-state index >= 15 is 0 Å². The van der Waals surface area contributed by atoms with Crippen molar-refractivity contribution in [2.75, 3.05) is 13.6 Å². The van der Waals surface area contributed by atoms with E-state index in [2.05, 4.69) is 59.3 Å². The summed E-state index contributed by atoms with van der Waals surface area (Å²) in [6.45, 7) is 4.35. The third-order valence-electron chi connectivity index (χ3n) is 6.41. The lowest BCUT2D eigenvalue weighted by Gasteiger charge is -2.35. The Kier molecular flexibility index (Phi) is 11.4. The molecule has 3 N–H and O–H groups in total. The molecule has 6 heteroatoms. The van der Waals surface area contributed by atoms with Crippen LogP contribution in [0.3, 0.4) is 0 Å². The minimum atomic E-state index is -0.740. The zero-order valence-electron chi connectivity index (χ0n) is 22.1. The number of amides is 1. The number of Topliss-reactive ketones (excluding diaryl/α,β-unsaturated/α-hetero) is 1. The maximum Gasteiger partial charge on any atom is 0.281 e. The fourth-order valence-corrected chi connectivity index (χ4v) is 5.89. The van der Waals surface area contributed by atoms with Gasteiger partial charge in [0, 0.05) is 0 Å². The largest absolute Gasteiger partial charge is 0.332 e. The minimum Gasteiger partial charge on any atom is -0.332 e. The molecule has 3 rings (SSSR count). The van der Waals surface area contributed by atoms with Crippen molar-refractivity contribution in [2.24, 2.45) is 0 Å². The molecule has 0 aliphatic rings. The normalized spacial score (nSPS) is 13.1. The van der Waals surface area contributed by atoms with Crippen LogP contribution in [0.1, 0.15) is 56.2 Å². The summed E-state index contributed by atoms with van der Waals surface area (Å²) in [5.41, 5.74) is 3.07. The van der Waals surface area contributed by atoms with Crippen molar-refractivity contribution >= 4 is 22.8 Å². The number of hydrogen-bond donors (Lipinski definition) is 3. The van der Waals surface area contributed by atoms with E-state index in [-0.39, 0.29) is 23.2 Å². The molecule has 3 aromatic rings. The second-order valence-corrected chi connectivity index (χ2v) is 10.4. The first-order valence-electron chi connectivity index (χ1n) is 13.1. The van der Waals surface area contributed by atoms with Crippen molar-refractivity contribution < 1.29 is 9.59 Å². The predicted octanol–water partition coefficient (Wildman–Crippen LogP) is 6.09. The number of rotatable bonds is 14. The van der Waals surface area contributed by atoms with E-state index in [1.165, 1.54) is 11.8 Å². The van der Waals surface area contributed by atoms with Crippen molar-refractivity contribution in [3.05, 3.63) is 108 Å². The van der Waals surface area contributed by atoms with Gasteiger partial charge in [-0.3, -0.25) is 14.9 Å². The van der Waals surface area contributed by atoms with E-state index in [0.29, 0.717) is 6.54 Å². The molecule has 2 unspecified atom stereocenters. The first-order valence-corrected chi connectivity index (χ1v) is 13.9. The number of hydrogen-bond acceptors (Lipinski definition) is 5. The maximum absolute atomic E-state index is 13.6. The van der Waals surface area contributed by atoms with Crippen LogP contribution in [0.4, 0.5) is 4.79 Å². The molecule has 0 spiro atoms. The Bertz CT molecular complexity index is 997. The van der Waals surface area contributed by atoms with Crippen LogP contribution in [0.5, 0.6) is 0 Å². The van der Waals surface area contributed by atoms with Gasteiger partial charge in [0.25, 0.3) is 5.24 Å². The minimum absolute atomic E-state index is 0.111. The maximum atomic E-state index is 13.6. The number of ketones is 1. The van der Waals surface area contributed by atoms with Gasteiger partial charge < -0.3 is 10.6 Å². The molecule has 37 heavy (non-hydrogen) atoms. The van der Waals surface area contributed by atoms with Gasteiger partial charge in [0.1, 0.15) is 4.75 Å². The standard InChI is InChI=1S/C31H39N3O2S/c1-4-5-9-22-28(29(35)23-32-3)33-24(2)34-30(36)37-31(25-16-10-6-11-17-25,26-18-12-7-13-19-26)27-20-14-8-15-21-27/h6-8,10-21,24,28,32-33H,4-5,9,22-23H2,1-3H3,(H,34,36). The van der Waals surface area contributed by atoms with E-state index in [1.807, 2.05) is 61.5 Å². The summed E-state index contributed by atoms with van der Waals surface area (Å²) in [5, 5.41) is 9.26. The van der Waals surface area contributed by atoms with Crippen molar-refractivity contribution in [1.29, 1.82) is 0 Å². The highest BCUT2D eigenvalue weighted by atomic mass is 32.2. The lowest BCUT2D eigenvalue weighted by Crippen LogP contribution is -2.51. The Balaban J connectivity index is 1.88. The van der Waals surface area contributed by atoms with Crippen LogP contribution in [0.2, 0.25) is 0 Å². The Labute approximate surface area is 225 Å². The SMILES string of the molecule is CCCCCC(NC(C)NC(=O)SC(c1ccccc1)(c1ccccc1)c1ccccc1)C(=O)CNC. The van der Waals surface area contributed by atoms with E-state index in [1.54, 1.807) is 7.05 Å². The molecular formula is C31H39N3O2S. The molecule has 1 amide bonds. The summed E-state index contributed by atoms with van der Waals surface area (Å²) >= 11 is 1.26. The third kappa shape index (κ3) is 7.78. The summed E-state index contributed by atoms with van der Waals surface area (Å²) in [4.78, 5) is 26.3. The number of nitrogens with one attached hydrogen (secondary N) is 3. The Morgan fingerprint density at radius 3 is 1.73 bits per heavy atom. The van der Waals surface area contributed by atoms with Crippen LogP contribution in [0, 0.1) is 0 Å². The van der Waals surface area contributed by atoms with Crippen LogP contribution >= 0.6 is 11.8 Å². The van der Waals surface area contributed by atoms with Gasteiger partial charge in [0.2, 0.25) is 0 Å². The number of carbonyl (C=O) groups excluding carboxylic acids is 2. The monoisotopic (exact) mass is 517 g/mol. The second-order valence-electron chi connectivity index (χ2n) is 9.25. The van der Waals surface area contributed by atoms with Crippen molar-refractivity contribution in [2.45, 2.75) is 56.5 Å². The number of carbonyl (C=O) groups is 2. The lowest BCUT2D eigenvalue weighted by atomic mass is 9.84.